The molecule has 28 heavy (non-hydrogen) atoms. The Labute approximate surface area is 171 Å². The Hall–Kier alpha value is -2.63. The minimum absolute atomic E-state index is 0.0960. The van der Waals surface area contributed by atoms with Crippen molar-refractivity contribution in [3.8, 4) is 11.5 Å². The Morgan fingerprint density at radius 2 is 1.86 bits per heavy atom. The van der Waals surface area contributed by atoms with Crippen molar-refractivity contribution in [2.24, 2.45) is 0 Å². The molecule has 0 bridgehead atoms. The predicted octanol–water partition coefficient (Wildman–Crippen LogP) is 5.90. The van der Waals surface area contributed by atoms with E-state index >= 15 is 0 Å². The number of rotatable bonds is 3. The third-order valence-corrected chi connectivity index (χ3v) is 6.61. The number of halogens is 1. The summed E-state index contributed by atoms with van der Waals surface area (Å²) in [4.78, 5) is 19.3. The minimum atomic E-state index is -0.0960. The van der Waals surface area contributed by atoms with E-state index in [1.807, 2.05) is 12.1 Å². The van der Waals surface area contributed by atoms with Crippen LogP contribution in [0.2, 0.25) is 5.02 Å². The molecule has 0 radical (unpaired) electrons. The molecule has 0 spiro atoms. The smallest absolute Gasteiger partial charge is 0.205 e. The summed E-state index contributed by atoms with van der Waals surface area (Å²) in [5.41, 5.74) is 10.9. The van der Waals surface area contributed by atoms with Crippen molar-refractivity contribution in [3.63, 3.8) is 0 Å². The maximum absolute atomic E-state index is 13.1. The molecule has 5 rings (SSSR count). The van der Waals surface area contributed by atoms with Gasteiger partial charge in [0.1, 0.15) is 15.4 Å². The molecule has 0 saturated carbocycles. The van der Waals surface area contributed by atoms with Crippen LogP contribution in [-0.4, -0.2) is 10.8 Å². The summed E-state index contributed by atoms with van der Waals surface area (Å²) >= 11 is 7.31. The average Bonchev–Trinajstić information content (AvgIpc) is 3.36. The number of ketones is 1. The molecule has 1 aliphatic rings. The van der Waals surface area contributed by atoms with Gasteiger partial charge in [-0.3, -0.25) is 4.79 Å². The number of pyridine rings is 1. The third kappa shape index (κ3) is 2.74. The maximum atomic E-state index is 13.1. The molecule has 1 aliphatic carbocycles. The molecule has 4 aromatic rings. The number of anilines is 1. The van der Waals surface area contributed by atoms with Gasteiger partial charge >= 0.3 is 0 Å². The van der Waals surface area contributed by atoms with Gasteiger partial charge < -0.3 is 10.2 Å². The first-order valence-electron chi connectivity index (χ1n) is 9.21. The number of nitrogen functional groups attached to an aromatic ring is 1. The fourth-order valence-electron chi connectivity index (χ4n) is 3.93. The van der Waals surface area contributed by atoms with Crippen molar-refractivity contribution in [1.29, 1.82) is 0 Å². The number of furan rings is 1. The van der Waals surface area contributed by atoms with Crippen molar-refractivity contribution < 1.29 is 9.21 Å². The van der Waals surface area contributed by atoms with Gasteiger partial charge in [0, 0.05) is 16.0 Å². The van der Waals surface area contributed by atoms with E-state index in [0.29, 0.717) is 21.2 Å². The van der Waals surface area contributed by atoms with Crippen molar-refractivity contribution in [3.05, 3.63) is 69.3 Å². The van der Waals surface area contributed by atoms with Gasteiger partial charge in [0.25, 0.3) is 0 Å². The summed E-state index contributed by atoms with van der Waals surface area (Å²) in [5, 5.41) is 1.53. The number of fused-ring (bicyclic) bond motifs is 3. The predicted molar refractivity (Wildman–Crippen MR) is 113 cm³/mol. The lowest BCUT2D eigenvalue weighted by Gasteiger charge is -2.19. The summed E-state index contributed by atoms with van der Waals surface area (Å²) in [6.45, 7) is 0. The molecule has 4 nitrogen and oxygen atoms in total. The number of carbonyl (C=O) groups is 1. The van der Waals surface area contributed by atoms with Crippen LogP contribution in [0, 0.1) is 0 Å². The van der Waals surface area contributed by atoms with E-state index in [-0.39, 0.29) is 5.78 Å². The number of nitrogens with zero attached hydrogens (tertiary/aromatic N) is 1. The zero-order chi connectivity index (χ0) is 19.3. The summed E-state index contributed by atoms with van der Waals surface area (Å²) in [5.74, 6) is 0.666. The third-order valence-electron chi connectivity index (χ3n) is 5.26. The second-order valence-electron chi connectivity index (χ2n) is 6.96. The summed E-state index contributed by atoms with van der Waals surface area (Å²) in [6, 6.07) is 10.7. The van der Waals surface area contributed by atoms with Crippen molar-refractivity contribution in [2.45, 2.75) is 25.7 Å². The van der Waals surface area contributed by atoms with Crippen LogP contribution in [-0.2, 0) is 12.8 Å². The van der Waals surface area contributed by atoms with Gasteiger partial charge in [-0.15, -0.1) is 11.3 Å². The van der Waals surface area contributed by atoms with E-state index < -0.39 is 0 Å². The van der Waals surface area contributed by atoms with Gasteiger partial charge in [-0.25, -0.2) is 4.98 Å². The second-order valence-corrected chi connectivity index (χ2v) is 8.40. The van der Waals surface area contributed by atoms with Gasteiger partial charge in [0.2, 0.25) is 5.78 Å². The number of hydrogen-bond acceptors (Lipinski definition) is 5. The SMILES string of the molecule is Nc1c(C(=O)c2ccc(Cl)cc2)sc2nc(-c3ccco3)c3c(c12)CCCC3. The lowest BCUT2D eigenvalue weighted by atomic mass is 9.88. The first-order valence-corrected chi connectivity index (χ1v) is 10.4. The molecule has 1 aromatic carbocycles. The molecular weight excluding hydrogens is 392 g/mol. The number of aryl methyl sites for hydroxylation is 1. The minimum Gasteiger partial charge on any atom is -0.463 e. The van der Waals surface area contributed by atoms with E-state index in [2.05, 4.69) is 0 Å². The fourth-order valence-corrected chi connectivity index (χ4v) is 5.15. The molecular formula is C22H17ClN2O2S. The number of nitrogens with two attached hydrogens (primary N) is 1. The lowest BCUT2D eigenvalue weighted by molar-refractivity contribution is 0.104. The molecule has 3 heterocycles. The Morgan fingerprint density at radius 1 is 1.11 bits per heavy atom. The van der Waals surface area contributed by atoms with E-state index in [1.165, 1.54) is 22.5 Å². The summed E-state index contributed by atoms with van der Waals surface area (Å²) in [6.07, 6.45) is 5.78. The normalized spacial score (nSPS) is 13.6. The highest BCUT2D eigenvalue weighted by atomic mass is 35.5. The molecule has 6 heteroatoms. The maximum Gasteiger partial charge on any atom is 0.205 e. The zero-order valence-electron chi connectivity index (χ0n) is 15.0. The monoisotopic (exact) mass is 408 g/mol. The average molecular weight is 409 g/mol. The van der Waals surface area contributed by atoms with Gasteiger partial charge in [-0.1, -0.05) is 11.6 Å². The quantitative estimate of drug-likeness (QED) is 0.428. The largest absolute Gasteiger partial charge is 0.463 e. The highest BCUT2D eigenvalue weighted by Gasteiger charge is 2.26. The molecule has 140 valence electrons. The van der Waals surface area contributed by atoms with Crippen LogP contribution in [0.4, 0.5) is 5.69 Å². The molecule has 3 aromatic heterocycles. The number of hydrogen-bond donors (Lipinski definition) is 1. The first kappa shape index (κ1) is 17.5. The van der Waals surface area contributed by atoms with Crippen LogP contribution in [0.15, 0.2) is 47.1 Å². The molecule has 0 amide bonds. The molecule has 2 N–H and O–H groups in total. The number of benzene rings is 1. The Morgan fingerprint density at radius 3 is 2.57 bits per heavy atom. The Balaban J connectivity index is 1.72. The van der Waals surface area contributed by atoms with Crippen LogP contribution in [0.25, 0.3) is 21.7 Å². The fraction of sp³-hybridized carbons (Fsp3) is 0.182. The van der Waals surface area contributed by atoms with Crippen molar-refractivity contribution in [2.75, 3.05) is 5.73 Å². The molecule has 0 atom stereocenters. The van der Waals surface area contributed by atoms with Crippen molar-refractivity contribution >= 4 is 44.6 Å². The van der Waals surface area contributed by atoms with Crippen LogP contribution < -0.4 is 5.73 Å². The number of aromatic nitrogens is 1. The summed E-state index contributed by atoms with van der Waals surface area (Å²) in [7, 11) is 0. The highest BCUT2D eigenvalue weighted by Crippen LogP contribution is 2.42. The van der Waals surface area contributed by atoms with Crippen LogP contribution in [0.5, 0.6) is 0 Å². The molecule has 0 saturated heterocycles. The van der Waals surface area contributed by atoms with Gasteiger partial charge in [-0.05, 0) is 73.2 Å². The second kappa shape index (κ2) is 6.76. The topological polar surface area (TPSA) is 69.1 Å². The van der Waals surface area contributed by atoms with E-state index in [4.69, 9.17) is 26.7 Å². The van der Waals surface area contributed by atoms with Gasteiger partial charge in [-0.2, -0.15) is 0 Å². The van der Waals surface area contributed by atoms with E-state index in [1.54, 1.807) is 30.5 Å². The van der Waals surface area contributed by atoms with E-state index in [9.17, 15) is 4.79 Å². The molecule has 0 unspecified atom stereocenters. The highest BCUT2D eigenvalue weighted by molar-refractivity contribution is 7.21. The number of thiophene rings is 1. The van der Waals surface area contributed by atoms with Crippen molar-refractivity contribution in [1.82, 2.24) is 4.98 Å². The Bertz CT molecular complexity index is 1190. The molecule has 0 aliphatic heterocycles. The standard InChI is InChI=1S/C22H17ClN2O2S/c23-13-9-7-12(8-10-13)20(26)21-18(24)17-14-4-1-2-5-15(14)19(25-22(17)28-21)16-6-3-11-27-16/h3,6-11H,1-2,4-5,24H2. The van der Waals surface area contributed by atoms with Crippen LogP contribution in [0.3, 0.4) is 0 Å². The number of carbonyl (C=O) groups excluding carboxylic acids is 1. The van der Waals surface area contributed by atoms with E-state index in [0.717, 1.165) is 47.4 Å². The van der Waals surface area contributed by atoms with Crippen LogP contribution in [0.1, 0.15) is 39.2 Å². The first-order chi connectivity index (χ1) is 13.6. The van der Waals surface area contributed by atoms with Gasteiger partial charge in [0.05, 0.1) is 12.0 Å². The summed E-state index contributed by atoms with van der Waals surface area (Å²) < 4.78 is 5.63. The molecule has 0 fully saturated rings. The Kier molecular flexibility index (Phi) is 4.22. The lowest BCUT2D eigenvalue weighted by Crippen LogP contribution is -2.08. The van der Waals surface area contributed by atoms with Gasteiger partial charge in [0.15, 0.2) is 5.76 Å². The zero-order valence-corrected chi connectivity index (χ0v) is 16.6. The van der Waals surface area contributed by atoms with Crippen LogP contribution >= 0.6 is 22.9 Å².